The number of aromatic nitrogens is 1. The molecule has 0 radical (unpaired) electrons. The van der Waals surface area contributed by atoms with E-state index in [1.54, 1.807) is 6.92 Å². The summed E-state index contributed by atoms with van der Waals surface area (Å²) in [6.45, 7) is 4.01. The van der Waals surface area contributed by atoms with E-state index in [1.807, 2.05) is 42.5 Å². The van der Waals surface area contributed by atoms with Gasteiger partial charge in [0.1, 0.15) is 5.69 Å². The average Bonchev–Trinajstić information content (AvgIpc) is 3.17. The van der Waals surface area contributed by atoms with Gasteiger partial charge in [0.15, 0.2) is 0 Å². The van der Waals surface area contributed by atoms with E-state index in [0.29, 0.717) is 5.69 Å². The highest BCUT2D eigenvalue weighted by Crippen LogP contribution is 2.56. The number of benzene rings is 2. The van der Waals surface area contributed by atoms with Gasteiger partial charge in [-0.3, -0.25) is 9.59 Å². The summed E-state index contributed by atoms with van der Waals surface area (Å²) in [5, 5.41) is 1.03. The number of carbonyl (C=O) groups is 2. The number of piperidine rings is 1. The first-order valence-corrected chi connectivity index (χ1v) is 12.5. The van der Waals surface area contributed by atoms with Crippen molar-refractivity contribution in [2.24, 2.45) is 5.41 Å². The third kappa shape index (κ3) is 3.17. The van der Waals surface area contributed by atoms with Crippen LogP contribution in [0.2, 0.25) is 0 Å². The second kappa shape index (κ2) is 7.93. The van der Waals surface area contributed by atoms with Gasteiger partial charge in [-0.2, -0.15) is 0 Å². The molecular formula is C29H31N3O2. The van der Waals surface area contributed by atoms with E-state index >= 15 is 0 Å². The van der Waals surface area contributed by atoms with Gasteiger partial charge in [-0.15, -0.1) is 0 Å². The van der Waals surface area contributed by atoms with Gasteiger partial charge in [-0.1, -0.05) is 61.5 Å². The number of carbonyl (C=O) groups excluding carboxylic acids is 2. The van der Waals surface area contributed by atoms with Crippen LogP contribution in [0.25, 0.3) is 10.9 Å². The van der Waals surface area contributed by atoms with Crippen LogP contribution < -0.4 is 0 Å². The molecule has 1 aliphatic carbocycles. The van der Waals surface area contributed by atoms with Gasteiger partial charge in [0.25, 0.3) is 5.91 Å². The molecule has 2 bridgehead atoms. The highest BCUT2D eigenvalue weighted by molar-refractivity contribution is 5.95. The van der Waals surface area contributed by atoms with Gasteiger partial charge < -0.3 is 9.80 Å². The van der Waals surface area contributed by atoms with Crippen molar-refractivity contribution in [1.29, 1.82) is 0 Å². The molecule has 1 aromatic heterocycles. The molecule has 2 saturated heterocycles. The van der Waals surface area contributed by atoms with E-state index in [4.69, 9.17) is 4.98 Å². The van der Waals surface area contributed by atoms with Gasteiger partial charge in [-0.25, -0.2) is 4.98 Å². The summed E-state index contributed by atoms with van der Waals surface area (Å²) in [6.07, 6.45) is 4.75. The number of hydrogen-bond acceptors (Lipinski definition) is 3. The van der Waals surface area contributed by atoms with Crippen LogP contribution in [-0.4, -0.2) is 50.8 Å². The highest BCUT2D eigenvalue weighted by Gasteiger charge is 2.64. The first-order chi connectivity index (χ1) is 16.5. The first-order valence-electron chi connectivity index (χ1n) is 12.5. The maximum absolute atomic E-state index is 14.2. The number of pyridine rings is 1. The zero-order chi connectivity index (χ0) is 23.4. The molecule has 0 N–H and O–H groups in total. The van der Waals surface area contributed by atoms with Crippen LogP contribution in [0, 0.1) is 5.41 Å². The summed E-state index contributed by atoms with van der Waals surface area (Å²) < 4.78 is 0. The summed E-state index contributed by atoms with van der Waals surface area (Å²) in [4.78, 5) is 36.2. The predicted octanol–water partition coefficient (Wildman–Crippen LogP) is 4.85. The van der Waals surface area contributed by atoms with E-state index in [0.717, 1.165) is 43.0 Å². The molecule has 2 aliphatic heterocycles. The minimum atomic E-state index is -0.0751. The normalized spacial score (nSPS) is 29.9. The largest absolute Gasteiger partial charge is 0.334 e. The molecule has 174 valence electrons. The van der Waals surface area contributed by atoms with Crippen molar-refractivity contribution in [3.8, 4) is 0 Å². The Bertz CT molecular complexity index is 1260. The molecule has 3 aromatic rings. The van der Waals surface area contributed by atoms with Crippen molar-refractivity contribution in [3.63, 3.8) is 0 Å². The standard InChI is InChI=1S/C29H31N3O2/c1-19(33)31-25-18-29(2)26(31)13-8-14-27(29)32(24(25)17-20-9-4-3-5-10-20)28(34)23-16-15-21-11-6-7-12-22(21)30-23/h3-7,9-12,15-16,24-27H,8,13-14,17-18H2,1-2H3/t24-,25-,26-,27+,29-/m0/s1. The third-order valence-corrected chi connectivity index (χ3v) is 8.66. The molecular weight excluding hydrogens is 422 g/mol. The Morgan fingerprint density at radius 2 is 1.65 bits per heavy atom. The Hall–Kier alpha value is -3.21. The SMILES string of the molecule is CC(=O)N1[C@H]2CCC[C@H]3N(C(=O)c4ccc5ccccc5n4)[C@@H](Cc4ccccc4)[C@@H]1C[C@@]23C. The van der Waals surface area contributed by atoms with Crippen LogP contribution in [0.1, 0.15) is 55.6 Å². The molecule has 2 aromatic carbocycles. The molecule has 3 fully saturated rings. The van der Waals surface area contributed by atoms with Crippen LogP contribution in [0.4, 0.5) is 0 Å². The van der Waals surface area contributed by atoms with Crippen molar-refractivity contribution in [1.82, 2.24) is 14.8 Å². The molecule has 2 amide bonds. The number of hydrogen-bond donors (Lipinski definition) is 0. The number of fused-ring (bicyclic) bond motifs is 2. The summed E-state index contributed by atoms with van der Waals surface area (Å²) in [5.41, 5.74) is 2.46. The lowest BCUT2D eigenvalue weighted by molar-refractivity contribution is -0.133. The summed E-state index contributed by atoms with van der Waals surface area (Å²) >= 11 is 0. The van der Waals surface area contributed by atoms with Crippen molar-refractivity contribution in [2.45, 2.75) is 70.1 Å². The molecule has 3 heterocycles. The fourth-order valence-electron chi connectivity index (χ4n) is 7.24. The number of rotatable bonds is 3. The number of nitrogens with zero attached hydrogens (tertiary/aromatic N) is 3. The van der Waals surface area contributed by atoms with Gasteiger partial charge in [0.05, 0.1) is 17.6 Å². The fourth-order valence-corrected chi connectivity index (χ4v) is 7.24. The van der Waals surface area contributed by atoms with Crippen LogP contribution >= 0.6 is 0 Å². The van der Waals surface area contributed by atoms with Crippen LogP contribution in [0.3, 0.4) is 0 Å². The maximum Gasteiger partial charge on any atom is 0.273 e. The second-order valence-electron chi connectivity index (χ2n) is 10.5. The van der Waals surface area contributed by atoms with Crippen molar-refractivity contribution in [3.05, 3.63) is 78.0 Å². The second-order valence-corrected chi connectivity index (χ2v) is 10.5. The van der Waals surface area contributed by atoms with E-state index in [2.05, 4.69) is 41.0 Å². The summed E-state index contributed by atoms with van der Waals surface area (Å²) in [7, 11) is 0. The smallest absolute Gasteiger partial charge is 0.273 e. The Morgan fingerprint density at radius 1 is 0.941 bits per heavy atom. The molecule has 0 unspecified atom stereocenters. The molecule has 5 nitrogen and oxygen atoms in total. The van der Waals surface area contributed by atoms with E-state index in [9.17, 15) is 9.59 Å². The van der Waals surface area contributed by atoms with Gasteiger partial charge in [0.2, 0.25) is 5.91 Å². The van der Waals surface area contributed by atoms with Crippen molar-refractivity contribution >= 4 is 22.7 Å². The van der Waals surface area contributed by atoms with Crippen LogP contribution in [-0.2, 0) is 11.2 Å². The quantitative estimate of drug-likeness (QED) is 0.570. The third-order valence-electron chi connectivity index (χ3n) is 8.66. The zero-order valence-electron chi connectivity index (χ0n) is 19.9. The van der Waals surface area contributed by atoms with E-state index in [1.165, 1.54) is 5.56 Å². The molecule has 3 aliphatic rings. The molecule has 1 saturated carbocycles. The minimum absolute atomic E-state index is 0.00124. The molecule has 5 atom stereocenters. The molecule has 0 spiro atoms. The van der Waals surface area contributed by atoms with Crippen molar-refractivity contribution in [2.75, 3.05) is 0 Å². The average molecular weight is 454 g/mol. The Labute approximate surface area is 200 Å². The lowest BCUT2D eigenvalue weighted by Crippen LogP contribution is -2.62. The van der Waals surface area contributed by atoms with Crippen LogP contribution in [0.5, 0.6) is 0 Å². The zero-order valence-corrected chi connectivity index (χ0v) is 19.9. The first kappa shape index (κ1) is 21.3. The number of likely N-dealkylation sites (tertiary alicyclic amines) is 2. The lowest BCUT2D eigenvalue weighted by atomic mass is 9.64. The van der Waals surface area contributed by atoms with E-state index < -0.39 is 0 Å². The van der Waals surface area contributed by atoms with Gasteiger partial charge >= 0.3 is 0 Å². The lowest BCUT2D eigenvalue weighted by Gasteiger charge is -2.52. The topological polar surface area (TPSA) is 53.5 Å². The highest BCUT2D eigenvalue weighted by atomic mass is 16.2. The Kier molecular flexibility index (Phi) is 4.98. The Morgan fingerprint density at radius 3 is 2.41 bits per heavy atom. The molecule has 6 rings (SSSR count). The Balaban J connectivity index is 1.47. The van der Waals surface area contributed by atoms with E-state index in [-0.39, 0.29) is 41.4 Å². The number of para-hydroxylation sites is 1. The van der Waals surface area contributed by atoms with Crippen molar-refractivity contribution < 1.29 is 9.59 Å². The van der Waals surface area contributed by atoms with Gasteiger partial charge in [-0.05, 0) is 49.8 Å². The summed E-state index contributed by atoms with van der Waals surface area (Å²) in [5.74, 6) is 0.134. The summed E-state index contributed by atoms with van der Waals surface area (Å²) in [6, 6.07) is 22.5. The maximum atomic E-state index is 14.2. The molecule has 5 heteroatoms. The van der Waals surface area contributed by atoms with Gasteiger partial charge in [0, 0.05) is 29.8 Å². The monoisotopic (exact) mass is 453 g/mol. The number of amides is 2. The predicted molar refractivity (Wildman–Crippen MR) is 132 cm³/mol. The molecule has 34 heavy (non-hydrogen) atoms. The minimum Gasteiger partial charge on any atom is -0.334 e. The van der Waals surface area contributed by atoms with Crippen LogP contribution in [0.15, 0.2) is 66.7 Å². The fraction of sp³-hybridized carbons (Fsp3) is 0.414.